The second-order valence-electron chi connectivity index (χ2n) is 9.73. The third-order valence-electron chi connectivity index (χ3n) is 7.07. The molecule has 0 saturated carbocycles. The molecule has 198 valence electrons. The number of hydrogen-bond donors (Lipinski definition) is 1. The van der Waals surface area contributed by atoms with Crippen molar-refractivity contribution in [3.05, 3.63) is 41.6 Å². The fraction of sp³-hybridized carbons (Fsp3) is 0.607. The third kappa shape index (κ3) is 8.36. The molecular weight excluding hydrogens is 452 g/mol. The number of anilines is 1. The minimum atomic E-state index is 0.0141. The molecule has 2 aliphatic rings. The highest BCUT2D eigenvalue weighted by Crippen LogP contribution is 2.18. The zero-order chi connectivity index (χ0) is 25.8. The highest BCUT2D eigenvalue weighted by molar-refractivity contribution is 5.94. The number of unbranched alkanes of at least 4 members (excludes halogenated alkanes) is 3. The Hall–Kier alpha value is -2.87. The number of benzene rings is 1. The minimum absolute atomic E-state index is 0.0141. The van der Waals surface area contributed by atoms with E-state index in [0.29, 0.717) is 19.6 Å². The average molecular weight is 497 g/mol. The van der Waals surface area contributed by atoms with Crippen LogP contribution in [0.5, 0.6) is 0 Å². The molecule has 3 amide bonds. The van der Waals surface area contributed by atoms with E-state index in [2.05, 4.69) is 39.3 Å². The van der Waals surface area contributed by atoms with Crippen molar-refractivity contribution in [3.8, 4) is 0 Å². The van der Waals surface area contributed by atoms with Gasteiger partial charge < -0.3 is 24.9 Å². The monoisotopic (exact) mass is 496 g/mol. The SMILES string of the molecule is CC=N/C=C1\CCN(C(=O)NCCCCCCN(CC)C(=O)c2ccc(N3CCN(C)CC3)cc2)C1. The highest BCUT2D eigenvalue weighted by atomic mass is 16.2. The Balaban J connectivity index is 1.30. The van der Waals surface area contributed by atoms with Gasteiger partial charge >= 0.3 is 6.03 Å². The maximum absolute atomic E-state index is 13.0. The van der Waals surface area contributed by atoms with E-state index in [9.17, 15) is 9.59 Å². The molecule has 36 heavy (non-hydrogen) atoms. The number of urea groups is 1. The molecule has 2 fully saturated rings. The third-order valence-corrected chi connectivity index (χ3v) is 7.07. The van der Waals surface area contributed by atoms with E-state index in [0.717, 1.165) is 76.9 Å². The number of hydrogen-bond acceptors (Lipinski definition) is 5. The van der Waals surface area contributed by atoms with Crippen molar-refractivity contribution in [1.82, 2.24) is 20.0 Å². The molecule has 3 rings (SSSR count). The van der Waals surface area contributed by atoms with Crippen molar-refractivity contribution in [3.63, 3.8) is 0 Å². The van der Waals surface area contributed by atoms with E-state index in [1.807, 2.05) is 42.0 Å². The number of amides is 3. The molecular formula is C28H44N6O2. The van der Waals surface area contributed by atoms with Gasteiger partial charge in [0.1, 0.15) is 0 Å². The number of likely N-dealkylation sites (tertiary alicyclic amines) is 1. The summed E-state index contributed by atoms with van der Waals surface area (Å²) < 4.78 is 0. The molecule has 2 aliphatic heterocycles. The van der Waals surface area contributed by atoms with Gasteiger partial charge in [-0.1, -0.05) is 12.8 Å². The van der Waals surface area contributed by atoms with E-state index < -0.39 is 0 Å². The molecule has 0 bridgehead atoms. The molecule has 1 aromatic rings. The summed E-state index contributed by atoms with van der Waals surface area (Å²) in [5.41, 5.74) is 3.16. The highest BCUT2D eigenvalue weighted by Gasteiger charge is 2.21. The Morgan fingerprint density at radius 2 is 1.75 bits per heavy atom. The maximum Gasteiger partial charge on any atom is 0.317 e. The summed E-state index contributed by atoms with van der Waals surface area (Å²) in [6, 6.07) is 8.12. The maximum atomic E-state index is 13.0. The van der Waals surface area contributed by atoms with Gasteiger partial charge in [0.05, 0.1) is 0 Å². The summed E-state index contributed by atoms with van der Waals surface area (Å²) in [6.07, 6.45) is 8.55. The molecule has 0 spiro atoms. The van der Waals surface area contributed by atoms with Crippen LogP contribution in [0.1, 0.15) is 56.3 Å². The zero-order valence-corrected chi connectivity index (χ0v) is 22.4. The van der Waals surface area contributed by atoms with Crippen LogP contribution in [0.15, 0.2) is 41.0 Å². The van der Waals surface area contributed by atoms with Crippen LogP contribution < -0.4 is 10.2 Å². The second-order valence-corrected chi connectivity index (χ2v) is 9.73. The van der Waals surface area contributed by atoms with E-state index >= 15 is 0 Å². The van der Waals surface area contributed by atoms with Crippen molar-refractivity contribution in [2.24, 2.45) is 4.99 Å². The van der Waals surface area contributed by atoms with Gasteiger partial charge in [0.25, 0.3) is 5.91 Å². The van der Waals surface area contributed by atoms with Gasteiger partial charge in [-0.25, -0.2) is 4.79 Å². The van der Waals surface area contributed by atoms with Crippen LogP contribution >= 0.6 is 0 Å². The first kappa shape index (κ1) is 27.7. The van der Waals surface area contributed by atoms with Crippen molar-refractivity contribution >= 4 is 23.8 Å². The van der Waals surface area contributed by atoms with E-state index in [-0.39, 0.29) is 11.9 Å². The topological polar surface area (TPSA) is 71.5 Å². The van der Waals surface area contributed by atoms with Crippen LogP contribution in [0, 0.1) is 0 Å². The lowest BCUT2D eigenvalue weighted by Crippen LogP contribution is -2.44. The molecule has 8 heteroatoms. The van der Waals surface area contributed by atoms with Crippen molar-refractivity contribution in [2.45, 2.75) is 46.0 Å². The Bertz CT molecular complexity index is 890. The van der Waals surface area contributed by atoms with Crippen molar-refractivity contribution in [1.29, 1.82) is 0 Å². The normalized spacial score (nSPS) is 17.8. The molecule has 0 unspecified atom stereocenters. The largest absolute Gasteiger partial charge is 0.369 e. The van der Waals surface area contributed by atoms with Gasteiger partial charge in [0, 0.05) is 82.6 Å². The number of aliphatic imine (C=N–C) groups is 1. The lowest BCUT2D eigenvalue weighted by molar-refractivity contribution is 0.0761. The van der Waals surface area contributed by atoms with Crippen LogP contribution in [-0.2, 0) is 0 Å². The first-order chi connectivity index (χ1) is 17.5. The number of carbonyl (C=O) groups is 2. The number of rotatable bonds is 11. The molecule has 2 heterocycles. The van der Waals surface area contributed by atoms with Crippen molar-refractivity contribution in [2.75, 3.05) is 70.9 Å². The van der Waals surface area contributed by atoms with Gasteiger partial charge in [-0.3, -0.25) is 9.79 Å². The summed E-state index contributed by atoms with van der Waals surface area (Å²) in [7, 11) is 2.16. The molecule has 2 saturated heterocycles. The first-order valence-electron chi connectivity index (χ1n) is 13.5. The summed E-state index contributed by atoms with van der Waals surface area (Å²) in [4.78, 5) is 38.0. The van der Waals surface area contributed by atoms with Crippen LogP contribution in [-0.4, -0.2) is 98.8 Å². The quantitative estimate of drug-likeness (QED) is 0.373. The Labute approximate surface area is 217 Å². The van der Waals surface area contributed by atoms with Crippen LogP contribution in [0.25, 0.3) is 0 Å². The predicted octanol–water partition coefficient (Wildman–Crippen LogP) is 3.85. The van der Waals surface area contributed by atoms with Gasteiger partial charge in [-0.15, -0.1) is 0 Å². The number of carbonyl (C=O) groups excluding carboxylic acids is 2. The Morgan fingerprint density at radius 1 is 1.03 bits per heavy atom. The lowest BCUT2D eigenvalue weighted by Gasteiger charge is -2.34. The summed E-state index contributed by atoms with van der Waals surface area (Å²) in [5, 5.41) is 3.03. The van der Waals surface area contributed by atoms with Crippen molar-refractivity contribution < 1.29 is 9.59 Å². The van der Waals surface area contributed by atoms with E-state index in [1.165, 1.54) is 11.3 Å². The zero-order valence-electron chi connectivity index (χ0n) is 22.4. The lowest BCUT2D eigenvalue weighted by atomic mass is 10.1. The fourth-order valence-electron chi connectivity index (χ4n) is 4.69. The summed E-state index contributed by atoms with van der Waals surface area (Å²) in [5.74, 6) is 0.110. The molecule has 0 atom stereocenters. The van der Waals surface area contributed by atoms with Crippen LogP contribution in [0.4, 0.5) is 10.5 Å². The molecule has 1 N–H and O–H groups in total. The average Bonchev–Trinajstić information content (AvgIpc) is 3.38. The number of nitrogens with zero attached hydrogens (tertiary/aromatic N) is 5. The van der Waals surface area contributed by atoms with Gasteiger partial charge in [-0.2, -0.15) is 0 Å². The van der Waals surface area contributed by atoms with Gasteiger partial charge in [-0.05, 0) is 70.0 Å². The predicted molar refractivity (Wildman–Crippen MR) is 148 cm³/mol. The van der Waals surface area contributed by atoms with Gasteiger partial charge in [0.2, 0.25) is 0 Å². The first-order valence-corrected chi connectivity index (χ1v) is 13.5. The number of nitrogens with one attached hydrogen (secondary N) is 1. The molecule has 1 aromatic carbocycles. The smallest absolute Gasteiger partial charge is 0.317 e. The molecule has 0 radical (unpaired) electrons. The van der Waals surface area contributed by atoms with Gasteiger partial charge in [0.15, 0.2) is 0 Å². The minimum Gasteiger partial charge on any atom is -0.369 e. The second kappa shape index (κ2) is 14.6. The Kier molecular flexibility index (Phi) is 11.3. The number of piperazine rings is 1. The van der Waals surface area contributed by atoms with Crippen LogP contribution in [0.2, 0.25) is 0 Å². The van der Waals surface area contributed by atoms with Crippen LogP contribution in [0.3, 0.4) is 0 Å². The Morgan fingerprint density at radius 3 is 2.44 bits per heavy atom. The summed E-state index contributed by atoms with van der Waals surface area (Å²) >= 11 is 0. The molecule has 8 nitrogen and oxygen atoms in total. The molecule has 0 aromatic heterocycles. The van der Waals surface area contributed by atoms with E-state index in [1.54, 1.807) is 6.21 Å². The fourth-order valence-corrected chi connectivity index (χ4v) is 4.69. The molecule has 0 aliphatic carbocycles. The number of likely N-dealkylation sites (N-methyl/N-ethyl adjacent to an activating group) is 1. The summed E-state index contributed by atoms with van der Waals surface area (Å²) in [6.45, 7) is 11.7. The standard InChI is InChI=1S/C28H44N6O2/c1-4-29-22-24-14-17-34(23-24)28(36)30-15-8-6-7-9-16-32(5-2)27(35)25-10-12-26(13-11-25)33-20-18-31(3)19-21-33/h4,10-13,22H,5-9,14-21,23H2,1-3H3,(H,30,36)/b24-22+,29-4?. The van der Waals surface area contributed by atoms with E-state index in [4.69, 9.17) is 0 Å².